The molecule has 2 N–H and O–H groups in total. The molecule has 0 saturated heterocycles. The van der Waals surface area contributed by atoms with Gasteiger partial charge in [0.05, 0.1) is 23.1 Å². The van der Waals surface area contributed by atoms with Crippen molar-refractivity contribution < 1.29 is 19.0 Å². The maximum absolute atomic E-state index is 13.5. The van der Waals surface area contributed by atoms with Crippen LogP contribution >= 0.6 is 0 Å². The van der Waals surface area contributed by atoms with E-state index in [9.17, 15) is 19.4 Å². The molecule has 4 aliphatic carbocycles. The van der Waals surface area contributed by atoms with Gasteiger partial charge in [0, 0.05) is 6.42 Å². The molecule has 0 aliphatic heterocycles. The molecule has 37 heavy (non-hydrogen) atoms. The molecule has 0 radical (unpaired) electrons. The lowest BCUT2D eigenvalue weighted by atomic mass is 9.43. The lowest BCUT2D eigenvalue weighted by Crippen LogP contribution is -2.58. The van der Waals surface area contributed by atoms with Gasteiger partial charge in [0.15, 0.2) is 5.89 Å². The first-order valence-corrected chi connectivity index (χ1v) is 14.6. The molecular formula is C31H42FNO4. The fourth-order valence-electron chi connectivity index (χ4n) is 9.92. The van der Waals surface area contributed by atoms with Crippen LogP contribution in [0.1, 0.15) is 84.4 Å². The number of fused-ring (bicyclic) bond motifs is 6. The topological polar surface area (TPSA) is 83.6 Å². The first-order valence-electron chi connectivity index (χ1n) is 14.6. The fraction of sp³-hybridized carbons (Fsp3) is 0.742. The number of halogens is 1. The van der Waals surface area contributed by atoms with Gasteiger partial charge in [-0.05, 0) is 122 Å². The van der Waals surface area contributed by atoms with Crippen molar-refractivity contribution in [1.29, 1.82) is 0 Å². The predicted octanol–water partition coefficient (Wildman–Crippen LogP) is 5.89. The van der Waals surface area contributed by atoms with E-state index < -0.39 is 11.4 Å². The number of hydrogen-bond acceptors (Lipinski definition) is 5. The maximum Gasteiger partial charge on any atom is 0.346 e. The van der Waals surface area contributed by atoms with Gasteiger partial charge in [-0.25, -0.2) is 14.2 Å². The zero-order valence-corrected chi connectivity index (χ0v) is 22.5. The molecule has 4 saturated carbocycles. The zero-order chi connectivity index (χ0) is 26.1. The first-order chi connectivity index (χ1) is 17.6. The van der Waals surface area contributed by atoms with E-state index >= 15 is 0 Å². The highest BCUT2D eigenvalue weighted by Gasteiger charge is 2.62. The van der Waals surface area contributed by atoms with Crippen molar-refractivity contribution in [3.05, 3.63) is 40.3 Å². The SMILES string of the molecule is C[C@H](CCc1nc2ccc(F)cc2c(=O)o1)[C@H]1CC[C@H]2[C@H]3C(CC[C@]12C)[C@@]1(C)CC[C@@H](O)C[C@H]1C[C@@H]3O. The normalized spacial score (nSPS) is 42.2. The minimum Gasteiger partial charge on any atom is -0.408 e. The van der Waals surface area contributed by atoms with Gasteiger partial charge in [0.1, 0.15) is 5.82 Å². The van der Waals surface area contributed by atoms with E-state index in [1.807, 2.05) is 0 Å². The Morgan fingerprint density at radius 1 is 1.08 bits per heavy atom. The van der Waals surface area contributed by atoms with Crippen molar-refractivity contribution in [2.75, 3.05) is 0 Å². The fourth-order valence-corrected chi connectivity index (χ4v) is 9.92. The van der Waals surface area contributed by atoms with E-state index in [1.165, 1.54) is 37.8 Å². The molecule has 0 amide bonds. The van der Waals surface area contributed by atoms with Crippen molar-refractivity contribution in [2.45, 2.75) is 97.2 Å². The molecule has 6 rings (SSSR count). The molecule has 0 bridgehead atoms. The number of aliphatic hydroxyl groups is 2. The highest BCUT2D eigenvalue weighted by Crippen LogP contribution is 2.68. The van der Waals surface area contributed by atoms with Crippen LogP contribution in [0.4, 0.5) is 4.39 Å². The number of rotatable bonds is 4. The van der Waals surface area contributed by atoms with Gasteiger partial charge in [-0.15, -0.1) is 0 Å². The van der Waals surface area contributed by atoms with Crippen LogP contribution in [0.2, 0.25) is 0 Å². The van der Waals surface area contributed by atoms with Gasteiger partial charge in [-0.3, -0.25) is 0 Å². The van der Waals surface area contributed by atoms with Gasteiger partial charge in [0.25, 0.3) is 0 Å². The van der Waals surface area contributed by atoms with Crippen LogP contribution in [0.25, 0.3) is 10.9 Å². The third-order valence-electron chi connectivity index (χ3n) is 11.9. The van der Waals surface area contributed by atoms with Crippen LogP contribution in [0.15, 0.2) is 27.4 Å². The maximum atomic E-state index is 13.5. The Bertz CT molecular complexity index is 1230. The molecule has 202 valence electrons. The molecule has 2 aromatic rings. The molecule has 1 heterocycles. The van der Waals surface area contributed by atoms with Gasteiger partial charge in [-0.2, -0.15) is 0 Å². The average Bonchev–Trinajstić information content (AvgIpc) is 3.21. The molecule has 10 atom stereocenters. The first kappa shape index (κ1) is 25.5. The third-order valence-corrected chi connectivity index (χ3v) is 11.9. The molecule has 5 nitrogen and oxygen atoms in total. The minimum absolute atomic E-state index is 0.189. The Morgan fingerprint density at radius 2 is 1.84 bits per heavy atom. The lowest BCUT2D eigenvalue weighted by Gasteiger charge is -2.62. The van der Waals surface area contributed by atoms with Crippen molar-refractivity contribution in [3.8, 4) is 0 Å². The molecule has 1 aromatic heterocycles. The lowest BCUT2D eigenvalue weighted by molar-refractivity contribution is -0.174. The van der Waals surface area contributed by atoms with Crippen LogP contribution in [0.5, 0.6) is 0 Å². The van der Waals surface area contributed by atoms with Crippen molar-refractivity contribution in [2.24, 2.45) is 46.3 Å². The summed E-state index contributed by atoms with van der Waals surface area (Å²) >= 11 is 0. The molecular weight excluding hydrogens is 469 g/mol. The summed E-state index contributed by atoms with van der Waals surface area (Å²) < 4.78 is 19.0. The van der Waals surface area contributed by atoms with E-state index in [-0.39, 0.29) is 28.4 Å². The molecule has 0 spiro atoms. The second-order valence-corrected chi connectivity index (χ2v) is 13.5. The second kappa shape index (κ2) is 9.15. The van der Waals surface area contributed by atoms with Crippen LogP contribution < -0.4 is 5.63 Å². The largest absolute Gasteiger partial charge is 0.408 e. The summed E-state index contributed by atoms with van der Waals surface area (Å²) in [5.74, 6) is 2.91. The van der Waals surface area contributed by atoms with E-state index in [0.717, 1.165) is 32.1 Å². The Morgan fingerprint density at radius 3 is 2.65 bits per heavy atom. The highest BCUT2D eigenvalue weighted by atomic mass is 19.1. The Kier molecular flexibility index (Phi) is 6.30. The number of nitrogens with zero attached hydrogens (tertiary/aromatic N) is 1. The van der Waals surface area contributed by atoms with Gasteiger partial charge < -0.3 is 14.6 Å². The van der Waals surface area contributed by atoms with Crippen LogP contribution in [-0.4, -0.2) is 27.4 Å². The van der Waals surface area contributed by atoms with E-state index in [4.69, 9.17) is 4.42 Å². The summed E-state index contributed by atoms with van der Waals surface area (Å²) in [5, 5.41) is 22.0. The molecule has 4 aliphatic rings. The Hall–Kier alpha value is -1.79. The number of benzene rings is 1. The summed E-state index contributed by atoms with van der Waals surface area (Å²) in [6.07, 6.45) is 9.48. The summed E-state index contributed by atoms with van der Waals surface area (Å²) in [6.45, 7) is 7.27. The predicted molar refractivity (Wildman–Crippen MR) is 140 cm³/mol. The summed E-state index contributed by atoms with van der Waals surface area (Å²) in [5.41, 5.74) is 0.427. The quantitative estimate of drug-likeness (QED) is 0.535. The van der Waals surface area contributed by atoms with Crippen molar-refractivity contribution in [1.82, 2.24) is 4.98 Å². The second-order valence-electron chi connectivity index (χ2n) is 13.5. The molecule has 1 unspecified atom stereocenters. The van der Waals surface area contributed by atoms with E-state index in [2.05, 4.69) is 25.8 Å². The minimum atomic E-state index is -0.522. The summed E-state index contributed by atoms with van der Waals surface area (Å²) in [6, 6.07) is 4.06. The molecule has 6 heteroatoms. The number of aryl methyl sites for hydroxylation is 1. The van der Waals surface area contributed by atoms with E-state index in [0.29, 0.717) is 53.3 Å². The third kappa shape index (κ3) is 4.09. The monoisotopic (exact) mass is 511 g/mol. The van der Waals surface area contributed by atoms with Crippen molar-refractivity contribution >= 4 is 10.9 Å². The summed E-state index contributed by atoms with van der Waals surface area (Å²) in [7, 11) is 0. The number of hydrogen-bond donors (Lipinski definition) is 2. The van der Waals surface area contributed by atoms with Crippen LogP contribution in [0, 0.1) is 52.2 Å². The smallest absolute Gasteiger partial charge is 0.346 e. The number of aliphatic hydroxyl groups excluding tert-OH is 2. The summed E-state index contributed by atoms with van der Waals surface area (Å²) in [4.78, 5) is 16.9. The van der Waals surface area contributed by atoms with Gasteiger partial charge in [0.2, 0.25) is 0 Å². The van der Waals surface area contributed by atoms with Gasteiger partial charge in [-0.1, -0.05) is 20.8 Å². The highest BCUT2D eigenvalue weighted by molar-refractivity contribution is 5.76. The Labute approximate surface area is 218 Å². The van der Waals surface area contributed by atoms with Crippen molar-refractivity contribution in [3.63, 3.8) is 0 Å². The molecule has 1 aromatic carbocycles. The standard InChI is InChI=1S/C31H42FNO4/c1-17(4-9-27-33-25-8-5-19(32)16-21(25)29(36)37-27)22-6-7-23-28-24(11-13-31(22,23)3)30(2)12-10-20(34)14-18(30)15-26(28)35/h5,8,16-18,20,22-24,26,28,34-35H,4,6-7,9-15H2,1-3H3/t17-,18+,20-,22-,23+,24?,26+,28+,30+,31-/m1/s1. The van der Waals surface area contributed by atoms with E-state index in [1.54, 1.807) is 6.07 Å². The average molecular weight is 512 g/mol. The Balaban J connectivity index is 1.18. The van der Waals surface area contributed by atoms with Gasteiger partial charge >= 0.3 is 5.63 Å². The number of aromatic nitrogens is 1. The van der Waals surface area contributed by atoms with Crippen LogP contribution in [0.3, 0.4) is 0 Å². The molecule has 4 fully saturated rings. The van der Waals surface area contributed by atoms with Crippen LogP contribution in [-0.2, 0) is 6.42 Å². The zero-order valence-electron chi connectivity index (χ0n) is 22.5.